The summed E-state index contributed by atoms with van der Waals surface area (Å²) < 4.78 is 0. The summed E-state index contributed by atoms with van der Waals surface area (Å²) in [6.07, 6.45) is 14.9. The summed E-state index contributed by atoms with van der Waals surface area (Å²) in [6.45, 7) is 6.00. The van der Waals surface area contributed by atoms with Gasteiger partial charge in [-0.05, 0) is 43.2 Å². The van der Waals surface area contributed by atoms with Gasteiger partial charge in [-0.1, -0.05) is 75.8 Å². The van der Waals surface area contributed by atoms with Crippen LogP contribution in [0.4, 0.5) is 0 Å². The SMILES string of the molecule is C=CCCCC(O)c1ccccc1CCCCCCCCC. The molecule has 1 atom stereocenters. The van der Waals surface area contributed by atoms with Gasteiger partial charge in [0.25, 0.3) is 0 Å². The maximum atomic E-state index is 10.4. The average molecular weight is 303 g/mol. The van der Waals surface area contributed by atoms with Gasteiger partial charge in [0.1, 0.15) is 0 Å². The Kier molecular flexibility index (Phi) is 10.7. The van der Waals surface area contributed by atoms with E-state index in [-0.39, 0.29) is 6.10 Å². The molecule has 0 bridgehead atoms. The van der Waals surface area contributed by atoms with E-state index in [1.165, 1.54) is 50.5 Å². The largest absolute Gasteiger partial charge is 0.388 e. The van der Waals surface area contributed by atoms with Crippen LogP contribution in [-0.4, -0.2) is 5.11 Å². The maximum Gasteiger partial charge on any atom is 0.0792 e. The number of hydrogen-bond acceptors (Lipinski definition) is 1. The van der Waals surface area contributed by atoms with E-state index in [0.717, 1.165) is 31.2 Å². The van der Waals surface area contributed by atoms with Crippen molar-refractivity contribution in [2.45, 2.75) is 83.7 Å². The molecule has 1 unspecified atom stereocenters. The first-order valence-corrected chi connectivity index (χ1v) is 9.16. The van der Waals surface area contributed by atoms with E-state index in [1.807, 2.05) is 12.1 Å². The van der Waals surface area contributed by atoms with Gasteiger partial charge in [0.2, 0.25) is 0 Å². The van der Waals surface area contributed by atoms with E-state index >= 15 is 0 Å². The lowest BCUT2D eigenvalue weighted by atomic mass is 9.95. The molecule has 0 amide bonds. The molecular weight excluding hydrogens is 268 g/mol. The number of rotatable bonds is 13. The van der Waals surface area contributed by atoms with E-state index in [2.05, 4.69) is 31.7 Å². The molecule has 0 saturated carbocycles. The molecule has 0 aliphatic heterocycles. The van der Waals surface area contributed by atoms with Crippen LogP contribution in [0.25, 0.3) is 0 Å². The van der Waals surface area contributed by atoms with Gasteiger partial charge in [-0.15, -0.1) is 6.58 Å². The van der Waals surface area contributed by atoms with Crippen molar-refractivity contribution in [3.8, 4) is 0 Å². The van der Waals surface area contributed by atoms with Crippen LogP contribution in [0.2, 0.25) is 0 Å². The van der Waals surface area contributed by atoms with Crippen LogP contribution in [-0.2, 0) is 6.42 Å². The number of hydrogen-bond donors (Lipinski definition) is 1. The van der Waals surface area contributed by atoms with Crippen LogP contribution in [0, 0.1) is 0 Å². The Balaban J connectivity index is 2.35. The number of unbranched alkanes of at least 4 members (excludes halogenated alkanes) is 7. The molecule has 0 aliphatic carbocycles. The third-order valence-electron chi connectivity index (χ3n) is 4.35. The predicted octanol–water partition coefficient (Wildman–Crippen LogP) is 6.37. The first kappa shape index (κ1) is 19.0. The minimum atomic E-state index is -0.319. The lowest BCUT2D eigenvalue weighted by molar-refractivity contribution is 0.164. The van der Waals surface area contributed by atoms with Gasteiger partial charge < -0.3 is 5.11 Å². The van der Waals surface area contributed by atoms with Gasteiger partial charge in [-0.2, -0.15) is 0 Å². The molecule has 22 heavy (non-hydrogen) atoms. The maximum absolute atomic E-state index is 10.4. The average Bonchev–Trinajstić information content (AvgIpc) is 2.54. The van der Waals surface area contributed by atoms with Crippen LogP contribution in [0.3, 0.4) is 0 Å². The highest BCUT2D eigenvalue weighted by Crippen LogP contribution is 2.24. The molecule has 1 nitrogen and oxygen atoms in total. The molecule has 0 fully saturated rings. The Bertz CT molecular complexity index is 397. The van der Waals surface area contributed by atoms with Gasteiger partial charge in [-0.3, -0.25) is 0 Å². The van der Waals surface area contributed by atoms with Crippen LogP contribution in [0.5, 0.6) is 0 Å². The lowest BCUT2D eigenvalue weighted by Gasteiger charge is -2.15. The molecule has 0 spiro atoms. The smallest absolute Gasteiger partial charge is 0.0792 e. The molecule has 1 heteroatoms. The van der Waals surface area contributed by atoms with E-state index in [1.54, 1.807) is 0 Å². The quantitative estimate of drug-likeness (QED) is 0.331. The van der Waals surface area contributed by atoms with Crippen LogP contribution in [0.1, 0.15) is 88.4 Å². The van der Waals surface area contributed by atoms with Crippen molar-refractivity contribution in [2.24, 2.45) is 0 Å². The van der Waals surface area contributed by atoms with Crippen molar-refractivity contribution in [3.63, 3.8) is 0 Å². The van der Waals surface area contributed by atoms with E-state index in [0.29, 0.717) is 0 Å². The Morgan fingerprint density at radius 3 is 2.41 bits per heavy atom. The highest BCUT2D eigenvalue weighted by Gasteiger charge is 2.11. The number of benzene rings is 1. The third-order valence-corrected chi connectivity index (χ3v) is 4.35. The van der Waals surface area contributed by atoms with Gasteiger partial charge in [-0.25, -0.2) is 0 Å². The molecule has 0 saturated heterocycles. The van der Waals surface area contributed by atoms with Crippen LogP contribution < -0.4 is 0 Å². The highest BCUT2D eigenvalue weighted by atomic mass is 16.3. The van der Waals surface area contributed by atoms with Crippen molar-refractivity contribution in [3.05, 3.63) is 48.0 Å². The Morgan fingerprint density at radius 2 is 1.68 bits per heavy atom. The normalized spacial score (nSPS) is 12.3. The summed E-state index contributed by atoms with van der Waals surface area (Å²) in [7, 11) is 0. The molecule has 1 N–H and O–H groups in total. The highest BCUT2D eigenvalue weighted by molar-refractivity contribution is 5.29. The summed E-state index contributed by atoms with van der Waals surface area (Å²) in [5.41, 5.74) is 2.47. The van der Waals surface area contributed by atoms with Crippen LogP contribution >= 0.6 is 0 Å². The molecular formula is C21H34O. The van der Waals surface area contributed by atoms with E-state index in [9.17, 15) is 5.11 Å². The molecule has 1 aromatic rings. The summed E-state index contributed by atoms with van der Waals surface area (Å²) in [6, 6.07) is 8.41. The third kappa shape index (κ3) is 7.79. The molecule has 1 aromatic carbocycles. The number of allylic oxidation sites excluding steroid dienone is 1. The van der Waals surface area contributed by atoms with Crippen molar-refractivity contribution in [1.82, 2.24) is 0 Å². The number of aliphatic hydroxyl groups excluding tert-OH is 1. The van der Waals surface area contributed by atoms with Gasteiger partial charge in [0.05, 0.1) is 6.10 Å². The Morgan fingerprint density at radius 1 is 1.00 bits per heavy atom. The Labute approximate surface area is 137 Å². The number of aryl methyl sites for hydroxylation is 1. The van der Waals surface area contributed by atoms with Gasteiger partial charge in [0.15, 0.2) is 0 Å². The molecule has 1 rings (SSSR count). The molecule has 0 aliphatic rings. The van der Waals surface area contributed by atoms with Crippen molar-refractivity contribution in [1.29, 1.82) is 0 Å². The first-order valence-electron chi connectivity index (χ1n) is 9.16. The second-order valence-electron chi connectivity index (χ2n) is 6.31. The summed E-state index contributed by atoms with van der Waals surface area (Å²) in [5.74, 6) is 0. The molecule has 124 valence electrons. The second kappa shape index (κ2) is 12.5. The van der Waals surface area contributed by atoms with Crippen molar-refractivity contribution >= 4 is 0 Å². The monoisotopic (exact) mass is 302 g/mol. The van der Waals surface area contributed by atoms with E-state index < -0.39 is 0 Å². The zero-order valence-electron chi connectivity index (χ0n) is 14.4. The van der Waals surface area contributed by atoms with E-state index in [4.69, 9.17) is 0 Å². The zero-order chi connectivity index (χ0) is 16.0. The topological polar surface area (TPSA) is 20.2 Å². The van der Waals surface area contributed by atoms with Gasteiger partial charge >= 0.3 is 0 Å². The van der Waals surface area contributed by atoms with Crippen LogP contribution in [0.15, 0.2) is 36.9 Å². The fourth-order valence-corrected chi connectivity index (χ4v) is 2.97. The van der Waals surface area contributed by atoms with Crippen molar-refractivity contribution < 1.29 is 5.11 Å². The predicted molar refractivity (Wildman–Crippen MR) is 97.1 cm³/mol. The fraction of sp³-hybridized carbons (Fsp3) is 0.619. The standard InChI is InChI=1S/C21H34O/c1-3-5-7-8-9-10-12-15-19-16-13-14-17-20(19)21(22)18-11-6-4-2/h4,13-14,16-17,21-22H,2-3,5-12,15,18H2,1H3. The summed E-state index contributed by atoms with van der Waals surface area (Å²) in [5, 5.41) is 10.4. The number of aliphatic hydroxyl groups is 1. The second-order valence-corrected chi connectivity index (χ2v) is 6.31. The minimum Gasteiger partial charge on any atom is -0.388 e. The molecule has 0 aromatic heterocycles. The summed E-state index contributed by atoms with van der Waals surface area (Å²) in [4.78, 5) is 0. The van der Waals surface area contributed by atoms with Gasteiger partial charge in [0, 0.05) is 0 Å². The Hall–Kier alpha value is -1.08. The zero-order valence-corrected chi connectivity index (χ0v) is 14.4. The first-order chi connectivity index (χ1) is 10.8. The minimum absolute atomic E-state index is 0.319. The fourth-order valence-electron chi connectivity index (χ4n) is 2.97. The van der Waals surface area contributed by atoms with Crippen molar-refractivity contribution in [2.75, 3.05) is 0 Å². The molecule has 0 radical (unpaired) electrons. The lowest BCUT2D eigenvalue weighted by Crippen LogP contribution is -2.02. The summed E-state index contributed by atoms with van der Waals surface area (Å²) >= 11 is 0. The molecule has 0 heterocycles.